The number of nitro groups is 1. The van der Waals surface area contributed by atoms with Crippen molar-refractivity contribution in [2.24, 2.45) is 5.14 Å². The first-order valence-corrected chi connectivity index (χ1v) is 8.38. The summed E-state index contributed by atoms with van der Waals surface area (Å²) in [5, 5.41) is 19.1. The minimum absolute atomic E-state index is 0.196. The van der Waals surface area contributed by atoms with Crippen LogP contribution in [0.2, 0.25) is 0 Å². The van der Waals surface area contributed by atoms with E-state index in [1.165, 1.54) is 12.1 Å². The van der Waals surface area contributed by atoms with Crippen molar-refractivity contribution in [2.75, 3.05) is 5.32 Å². The monoisotopic (exact) mass is 335 g/mol. The largest absolute Gasteiger partial charge is 0.377 e. The third-order valence-corrected chi connectivity index (χ3v) is 4.46. The smallest absolute Gasteiger partial charge is 0.270 e. The minimum Gasteiger partial charge on any atom is -0.377 e. The first-order valence-electron chi connectivity index (χ1n) is 6.83. The molecule has 0 saturated carbocycles. The van der Waals surface area contributed by atoms with Gasteiger partial charge in [0.15, 0.2) is 0 Å². The average molecular weight is 335 g/mol. The molecule has 0 aliphatic rings. The fourth-order valence-corrected chi connectivity index (χ4v) is 3.08. The molecule has 0 spiro atoms. The number of rotatable bonds is 5. The molecule has 0 saturated heterocycles. The van der Waals surface area contributed by atoms with E-state index >= 15 is 0 Å². The summed E-state index contributed by atoms with van der Waals surface area (Å²) < 4.78 is 23.5. The number of nitrogens with one attached hydrogen (secondary N) is 1. The Morgan fingerprint density at radius 1 is 1.22 bits per heavy atom. The molecule has 3 N–H and O–H groups in total. The molecule has 0 fully saturated rings. The number of nitrogens with two attached hydrogens (primary N) is 1. The fraction of sp³-hybridized carbons (Fsp3) is 0.200. The highest BCUT2D eigenvalue weighted by atomic mass is 32.2. The number of nitro benzene ring substituents is 1. The Morgan fingerprint density at radius 2 is 1.87 bits per heavy atom. The molecule has 0 unspecified atom stereocenters. The lowest BCUT2D eigenvalue weighted by atomic mass is 10.0. The highest BCUT2D eigenvalue weighted by Gasteiger charge is 2.20. The molecule has 0 amide bonds. The number of hydrogen-bond acceptors (Lipinski definition) is 5. The van der Waals surface area contributed by atoms with Gasteiger partial charge in [-0.3, -0.25) is 10.1 Å². The van der Waals surface area contributed by atoms with Crippen LogP contribution in [0.1, 0.15) is 24.1 Å². The van der Waals surface area contributed by atoms with Crippen molar-refractivity contribution < 1.29 is 13.3 Å². The third kappa shape index (κ3) is 3.85. The first kappa shape index (κ1) is 16.9. The number of sulfonamides is 1. The van der Waals surface area contributed by atoms with Crippen molar-refractivity contribution in [3.63, 3.8) is 0 Å². The quantitative estimate of drug-likeness (QED) is 0.644. The van der Waals surface area contributed by atoms with Crippen LogP contribution in [0.3, 0.4) is 0 Å². The number of hydrogen-bond donors (Lipinski definition) is 2. The molecule has 0 aliphatic carbocycles. The van der Waals surface area contributed by atoms with Crippen LogP contribution < -0.4 is 10.5 Å². The van der Waals surface area contributed by atoms with Crippen LogP contribution in [-0.2, 0) is 10.0 Å². The molecule has 23 heavy (non-hydrogen) atoms. The molecule has 2 aromatic carbocycles. The van der Waals surface area contributed by atoms with Crippen molar-refractivity contribution in [1.29, 1.82) is 0 Å². The first-order chi connectivity index (χ1) is 10.7. The van der Waals surface area contributed by atoms with E-state index in [9.17, 15) is 18.5 Å². The molecular weight excluding hydrogens is 318 g/mol. The topological polar surface area (TPSA) is 115 Å². The van der Waals surface area contributed by atoms with E-state index in [-0.39, 0.29) is 22.3 Å². The Hall–Kier alpha value is -2.45. The zero-order valence-corrected chi connectivity index (χ0v) is 13.5. The number of anilines is 1. The van der Waals surface area contributed by atoms with Gasteiger partial charge in [-0.2, -0.15) is 0 Å². The number of nitrogens with zero attached hydrogens (tertiary/aromatic N) is 1. The summed E-state index contributed by atoms with van der Waals surface area (Å²) in [4.78, 5) is 9.87. The van der Waals surface area contributed by atoms with Gasteiger partial charge in [0.05, 0.1) is 10.6 Å². The standard InChI is InChI=1S/C15H17N3O4S/c1-10-5-3-4-6-13(10)11(2)17-14-8-7-12(18(19)20)9-15(14)23(16,21)22/h3-9,11,17H,1-2H3,(H2,16,21,22)/t11-/m0/s1. The highest BCUT2D eigenvalue weighted by molar-refractivity contribution is 7.89. The van der Waals surface area contributed by atoms with E-state index in [0.29, 0.717) is 0 Å². The van der Waals surface area contributed by atoms with Crippen molar-refractivity contribution >= 4 is 21.4 Å². The molecule has 122 valence electrons. The van der Waals surface area contributed by atoms with Crippen LogP contribution in [0.5, 0.6) is 0 Å². The van der Waals surface area contributed by atoms with Crippen LogP contribution in [0.15, 0.2) is 47.4 Å². The molecular formula is C15H17N3O4S. The Labute approximate surface area is 134 Å². The lowest BCUT2D eigenvalue weighted by Gasteiger charge is -2.19. The molecule has 0 radical (unpaired) electrons. The maximum Gasteiger partial charge on any atom is 0.270 e. The van der Waals surface area contributed by atoms with Crippen molar-refractivity contribution in [3.05, 3.63) is 63.7 Å². The Morgan fingerprint density at radius 3 is 2.43 bits per heavy atom. The van der Waals surface area contributed by atoms with E-state index in [1.54, 1.807) is 0 Å². The van der Waals surface area contributed by atoms with E-state index in [1.807, 2.05) is 38.1 Å². The van der Waals surface area contributed by atoms with Gasteiger partial charge < -0.3 is 5.32 Å². The van der Waals surface area contributed by atoms with Gasteiger partial charge in [-0.05, 0) is 31.0 Å². The second-order valence-corrected chi connectivity index (χ2v) is 6.74. The summed E-state index contributed by atoms with van der Waals surface area (Å²) in [6.45, 7) is 3.82. The van der Waals surface area contributed by atoms with Crippen LogP contribution in [0.25, 0.3) is 0 Å². The summed E-state index contributed by atoms with van der Waals surface area (Å²) in [6, 6.07) is 11.0. The van der Waals surface area contributed by atoms with Gasteiger partial charge in [0, 0.05) is 18.2 Å². The molecule has 8 heteroatoms. The molecule has 7 nitrogen and oxygen atoms in total. The minimum atomic E-state index is -4.09. The van der Waals surface area contributed by atoms with Crippen LogP contribution in [0, 0.1) is 17.0 Å². The maximum atomic E-state index is 11.7. The summed E-state index contributed by atoms with van der Waals surface area (Å²) in [7, 11) is -4.09. The van der Waals surface area contributed by atoms with E-state index < -0.39 is 14.9 Å². The predicted octanol–water partition coefficient (Wildman–Crippen LogP) is 2.72. The van der Waals surface area contributed by atoms with Gasteiger partial charge in [-0.1, -0.05) is 24.3 Å². The number of benzene rings is 2. The Bertz CT molecular complexity index is 850. The summed E-state index contributed by atoms with van der Waals surface area (Å²) in [5.74, 6) is 0. The number of aryl methyl sites for hydroxylation is 1. The van der Waals surface area contributed by atoms with Gasteiger partial charge in [0.2, 0.25) is 10.0 Å². The third-order valence-electron chi connectivity index (χ3n) is 3.51. The normalized spacial score (nSPS) is 12.7. The van der Waals surface area contributed by atoms with Gasteiger partial charge in [-0.15, -0.1) is 0 Å². The number of non-ortho nitro benzene ring substituents is 1. The SMILES string of the molecule is Cc1ccccc1[C@H](C)Nc1ccc([N+](=O)[O-])cc1S(N)(=O)=O. The zero-order chi connectivity index (χ0) is 17.2. The van der Waals surface area contributed by atoms with Crippen LogP contribution in [0.4, 0.5) is 11.4 Å². The van der Waals surface area contributed by atoms with Gasteiger partial charge >= 0.3 is 0 Å². The van der Waals surface area contributed by atoms with Crippen molar-refractivity contribution in [3.8, 4) is 0 Å². The predicted molar refractivity (Wildman–Crippen MR) is 87.7 cm³/mol. The highest BCUT2D eigenvalue weighted by Crippen LogP contribution is 2.29. The molecule has 0 heterocycles. The fourth-order valence-electron chi connectivity index (χ4n) is 2.36. The summed E-state index contributed by atoms with van der Waals surface area (Å²) in [5.41, 5.74) is 1.94. The van der Waals surface area contributed by atoms with Crippen molar-refractivity contribution in [2.45, 2.75) is 24.8 Å². The number of primary sulfonamides is 1. The average Bonchev–Trinajstić information content (AvgIpc) is 2.46. The Balaban J connectivity index is 2.44. The van der Waals surface area contributed by atoms with Crippen LogP contribution in [-0.4, -0.2) is 13.3 Å². The van der Waals surface area contributed by atoms with E-state index in [2.05, 4.69) is 5.32 Å². The summed E-state index contributed by atoms with van der Waals surface area (Å²) >= 11 is 0. The molecule has 0 bridgehead atoms. The molecule has 1 atom stereocenters. The molecule has 0 aliphatic heterocycles. The lowest BCUT2D eigenvalue weighted by Crippen LogP contribution is -2.17. The Kier molecular flexibility index (Phi) is 4.67. The second kappa shape index (κ2) is 6.35. The van der Waals surface area contributed by atoms with E-state index in [0.717, 1.165) is 17.2 Å². The second-order valence-electron chi connectivity index (χ2n) is 5.21. The molecule has 0 aromatic heterocycles. The van der Waals surface area contributed by atoms with Gasteiger partial charge in [0.1, 0.15) is 4.90 Å². The maximum absolute atomic E-state index is 11.7. The van der Waals surface area contributed by atoms with E-state index in [4.69, 9.17) is 5.14 Å². The summed E-state index contributed by atoms with van der Waals surface area (Å²) in [6.07, 6.45) is 0. The van der Waals surface area contributed by atoms with Gasteiger partial charge in [-0.25, -0.2) is 13.6 Å². The van der Waals surface area contributed by atoms with Crippen LogP contribution >= 0.6 is 0 Å². The van der Waals surface area contributed by atoms with Gasteiger partial charge in [0.25, 0.3) is 5.69 Å². The lowest BCUT2D eigenvalue weighted by molar-refractivity contribution is -0.385. The molecule has 2 aromatic rings. The molecule has 2 rings (SSSR count). The van der Waals surface area contributed by atoms with Crippen molar-refractivity contribution in [1.82, 2.24) is 0 Å². The zero-order valence-electron chi connectivity index (χ0n) is 12.7.